The highest BCUT2D eigenvalue weighted by Crippen LogP contribution is 2.54. The lowest BCUT2D eigenvalue weighted by molar-refractivity contribution is -0.139. The molecule has 1 aromatic rings. The van der Waals surface area contributed by atoms with Gasteiger partial charge in [0.05, 0.1) is 7.11 Å². The van der Waals surface area contributed by atoms with Gasteiger partial charge in [0.2, 0.25) is 0 Å². The third-order valence-corrected chi connectivity index (χ3v) is 3.34. The van der Waals surface area contributed by atoms with Gasteiger partial charge in [-0.05, 0) is 25.0 Å². The molecule has 1 unspecified atom stereocenters. The molecule has 1 atom stereocenters. The minimum Gasteiger partial charge on any atom is -0.496 e. The number of nitrogens with two attached hydrogens (primary N) is 1. The summed E-state index contributed by atoms with van der Waals surface area (Å²) in [6, 6.07) is 3.34. The molecule has 0 heterocycles. The Morgan fingerprint density at radius 3 is 2.71 bits per heavy atom. The highest BCUT2D eigenvalue weighted by molar-refractivity contribution is 5.77. The first kappa shape index (κ1) is 11.9. The van der Waals surface area contributed by atoms with Crippen LogP contribution in [-0.2, 0) is 10.2 Å². The van der Waals surface area contributed by atoms with Crippen molar-refractivity contribution >= 4 is 5.97 Å². The highest BCUT2D eigenvalue weighted by Gasteiger charge is 2.55. The van der Waals surface area contributed by atoms with Gasteiger partial charge in [0.1, 0.15) is 17.6 Å². The molecule has 0 radical (unpaired) electrons. The Balaban J connectivity index is 2.50. The van der Waals surface area contributed by atoms with Crippen molar-refractivity contribution in [3.63, 3.8) is 0 Å². The Hall–Kier alpha value is -1.62. The molecule has 0 spiro atoms. The van der Waals surface area contributed by atoms with Crippen molar-refractivity contribution in [1.29, 1.82) is 0 Å². The third-order valence-electron chi connectivity index (χ3n) is 3.34. The van der Waals surface area contributed by atoms with Crippen LogP contribution in [0.2, 0.25) is 0 Å². The van der Waals surface area contributed by atoms with Crippen LogP contribution in [0.25, 0.3) is 0 Å². The summed E-state index contributed by atoms with van der Waals surface area (Å²) in [5, 5.41) is 8.99. The van der Waals surface area contributed by atoms with Gasteiger partial charge in [-0.15, -0.1) is 0 Å². The largest absolute Gasteiger partial charge is 0.496 e. The maximum atomic E-state index is 13.9. The lowest BCUT2D eigenvalue weighted by atomic mass is 9.87. The van der Waals surface area contributed by atoms with Gasteiger partial charge in [0, 0.05) is 11.0 Å². The minimum atomic E-state index is -1.12. The third kappa shape index (κ3) is 1.76. The number of ether oxygens (including phenoxy) is 1. The summed E-state index contributed by atoms with van der Waals surface area (Å²) in [6.45, 7) is 0. The quantitative estimate of drug-likeness (QED) is 0.830. The molecule has 0 saturated heterocycles. The predicted octanol–water partition coefficient (Wildman–Crippen LogP) is 1.28. The Morgan fingerprint density at radius 1 is 1.59 bits per heavy atom. The Bertz CT molecular complexity index is 457. The lowest BCUT2D eigenvalue weighted by Gasteiger charge is -2.22. The number of methoxy groups -OCH3 is 1. The van der Waals surface area contributed by atoms with Gasteiger partial charge in [-0.1, -0.05) is 6.07 Å². The van der Waals surface area contributed by atoms with Gasteiger partial charge in [-0.2, -0.15) is 0 Å². The number of hydrogen-bond donors (Lipinski definition) is 2. The van der Waals surface area contributed by atoms with Crippen molar-refractivity contribution in [2.75, 3.05) is 7.11 Å². The molecule has 5 heteroatoms. The fourth-order valence-electron chi connectivity index (χ4n) is 2.25. The molecule has 0 amide bonds. The molecule has 1 aromatic carbocycles. The molecule has 92 valence electrons. The van der Waals surface area contributed by atoms with Gasteiger partial charge in [0.15, 0.2) is 0 Å². The molecule has 2 rings (SSSR count). The first-order valence-corrected chi connectivity index (χ1v) is 5.34. The average Bonchev–Trinajstić information content (AvgIpc) is 3.08. The summed E-state index contributed by atoms with van der Waals surface area (Å²) in [6.07, 6.45) is 1.13. The molecule has 0 bridgehead atoms. The molecule has 0 aliphatic heterocycles. The van der Waals surface area contributed by atoms with Crippen LogP contribution in [0.3, 0.4) is 0 Å². The van der Waals surface area contributed by atoms with Crippen LogP contribution < -0.4 is 10.5 Å². The van der Waals surface area contributed by atoms with E-state index in [1.165, 1.54) is 19.2 Å². The van der Waals surface area contributed by atoms with E-state index in [4.69, 9.17) is 15.6 Å². The molecule has 17 heavy (non-hydrogen) atoms. The van der Waals surface area contributed by atoms with Crippen molar-refractivity contribution in [2.24, 2.45) is 5.73 Å². The number of hydrogen-bond acceptors (Lipinski definition) is 3. The zero-order valence-electron chi connectivity index (χ0n) is 9.44. The van der Waals surface area contributed by atoms with E-state index in [1.807, 2.05) is 0 Å². The van der Waals surface area contributed by atoms with Gasteiger partial charge in [0.25, 0.3) is 0 Å². The van der Waals surface area contributed by atoms with Gasteiger partial charge in [-0.25, -0.2) is 4.39 Å². The summed E-state index contributed by atoms with van der Waals surface area (Å²) in [5.74, 6) is -1.22. The monoisotopic (exact) mass is 239 g/mol. The minimum absolute atomic E-state index is 0.289. The van der Waals surface area contributed by atoms with Crippen LogP contribution in [-0.4, -0.2) is 24.2 Å². The number of aliphatic carboxylic acids is 1. The number of rotatable bonds is 4. The number of halogens is 1. The summed E-state index contributed by atoms with van der Waals surface area (Å²) in [7, 11) is 1.43. The standard InChI is InChI=1S/C12H14FNO3/c1-17-8-4-2-3-7(13)9(8)12(5-6-12)10(14)11(15)16/h2-4,10H,5-6,14H2,1H3,(H,15,16). The van der Waals surface area contributed by atoms with Crippen molar-refractivity contribution in [1.82, 2.24) is 0 Å². The zero-order valence-corrected chi connectivity index (χ0v) is 9.44. The van der Waals surface area contributed by atoms with Crippen molar-refractivity contribution in [2.45, 2.75) is 24.3 Å². The van der Waals surface area contributed by atoms with Crippen molar-refractivity contribution < 1.29 is 19.0 Å². The molecule has 0 aromatic heterocycles. The second kappa shape index (κ2) is 4.00. The smallest absolute Gasteiger partial charge is 0.321 e. The summed E-state index contributed by atoms with van der Waals surface area (Å²) in [4.78, 5) is 11.0. The van der Waals surface area contributed by atoms with E-state index in [9.17, 15) is 9.18 Å². The second-order valence-corrected chi connectivity index (χ2v) is 4.29. The van der Waals surface area contributed by atoms with E-state index >= 15 is 0 Å². The summed E-state index contributed by atoms with van der Waals surface area (Å²) < 4.78 is 19.0. The summed E-state index contributed by atoms with van der Waals surface area (Å²) >= 11 is 0. The van der Waals surface area contributed by atoms with E-state index < -0.39 is 23.2 Å². The van der Waals surface area contributed by atoms with E-state index in [2.05, 4.69) is 0 Å². The highest BCUT2D eigenvalue weighted by atomic mass is 19.1. The van der Waals surface area contributed by atoms with Crippen LogP contribution in [0.4, 0.5) is 4.39 Å². The Morgan fingerprint density at radius 2 is 2.24 bits per heavy atom. The fraction of sp³-hybridized carbons (Fsp3) is 0.417. The number of carbonyl (C=O) groups is 1. The molecular formula is C12H14FNO3. The normalized spacial score (nSPS) is 18.5. The van der Waals surface area contributed by atoms with Crippen LogP contribution in [0, 0.1) is 5.82 Å². The Labute approximate surface area is 98.2 Å². The van der Waals surface area contributed by atoms with E-state index in [0.29, 0.717) is 18.6 Å². The first-order chi connectivity index (χ1) is 8.03. The SMILES string of the molecule is COc1cccc(F)c1C1(C(N)C(=O)O)CC1. The number of benzene rings is 1. The molecule has 1 aliphatic rings. The average molecular weight is 239 g/mol. The number of carboxylic acids is 1. The van der Waals surface area contributed by atoms with Crippen molar-refractivity contribution in [3.05, 3.63) is 29.6 Å². The fourth-order valence-corrected chi connectivity index (χ4v) is 2.25. The van der Waals surface area contributed by atoms with Gasteiger partial charge in [-0.3, -0.25) is 4.79 Å². The molecule has 1 saturated carbocycles. The zero-order chi connectivity index (χ0) is 12.6. The Kier molecular flexibility index (Phi) is 2.79. The van der Waals surface area contributed by atoms with E-state index in [-0.39, 0.29) is 5.56 Å². The second-order valence-electron chi connectivity index (χ2n) is 4.29. The van der Waals surface area contributed by atoms with Crippen LogP contribution in [0.1, 0.15) is 18.4 Å². The van der Waals surface area contributed by atoms with Gasteiger partial charge < -0.3 is 15.6 Å². The first-order valence-electron chi connectivity index (χ1n) is 5.34. The number of carboxylic acid groups (broad SMARTS) is 1. The maximum absolute atomic E-state index is 13.9. The van der Waals surface area contributed by atoms with E-state index in [0.717, 1.165) is 0 Å². The van der Waals surface area contributed by atoms with Crippen LogP contribution in [0.15, 0.2) is 18.2 Å². The molecule has 3 N–H and O–H groups in total. The van der Waals surface area contributed by atoms with Crippen LogP contribution >= 0.6 is 0 Å². The lowest BCUT2D eigenvalue weighted by Crippen LogP contribution is -2.42. The molecule has 1 fully saturated rings. The van der Waals surface area contributed by atoms with Crippen molar-refractivity contribution in [3.8, 4) is 5.75 Å². The maximum Gasteiger partial charge on any atom is 0.321 e. The van der Waals surface area contributed by atoms with E-state index in [1.54, 1.807) is 6.07 Å². The van der Waals surface area contributed by atoms with Crippen LogP contribution in [0.5, 0.6) is 5.75 Å². The molecule has 4 nitrogen and oxygen atoms in total. The summed E-state index contributed by atoms with van der Waals surface area (Å²) in [5.41, 5.74) is 5.13. The molecular weight excluding hydrogens is 225 g/mol. The predicted molar refractivity (Wildman–Crippen MR) is 59.5 cm³/mol. The molecule has 1 aliphatic carbocycles. The van der Waals surface area contributed by atoms with Gasteiger partial charge >= 0.3 is 5.97 Å². The topological polar surface area (TPSA) is 72.5 Å².